The van der Waals surface area contributed by atoms with E-state index in [1.165, 1.54) is 12.8 Å². The van der Waals surface area contributed by atoms with Gasteiger partial charge in [-0.05, 0) is 44.0 Å². The van der Waals surface area contributed by atoms with Crippen molar-refractivity contribution in [2.24, 2.45) is 0 Å². The Balaban J connectivity index is 1.53. The van der Waals surface area contributed by atoms with Crippen LogP contribution < -0.4 is 4.90 Å². The molecule has 4 rings (SSSR count). The summed E-state index contributed by atoms with van der Waals surface area (Å²) in [4.78, 5) is 23.2. The van der Waals surface area contributed by atoms with Crippen molar-refractivity contribution in [3.8, 4) is 11.4 Å². The second kappa shape index (κ2) is 6.71. The second-order valence-corrected chi connectivity index (χ2v) is 6.65. The van der Waals surface area contributed by atoms with Crippen LogP contribution in [0.4, 0.5) is 5.69 Å². The number of carbonyl (C=O) groups is 1. The molecule has 6 nitrogen and oxygen atoms in total. The zero-order valence-electron chi connectivity index (χ0n) is 14.8. The van der Waals surface area contributed by atoms with Gasteiger partial charge in [0.25, 0.3) is 0 Å². The van der Waals surface area contributed by atoms with Gasteiger partial charge in [-0.3, -0.25) is 9.78 Å². The largest absolute Gasteiger partial charge is 0.338 e. The molecule has 1 atom stereocenters. The summed E-state index contributed by atoms with van der Waals surface area (Å²) in [5.41, 5.74) is 2.77. The van der Waals surface area contributed by atoms with Crippen LogP contribution in [0.3, 0.4) is 0 Å². The van der Waals surface area contributed by atoms with E-state index in [1.807, 2.05) is 42.5 Å². The van der Waals surface area contributed by atoms with Gasteiger partial charge < -0.3 is 9.42 Å². The Kier molecular flexibility index (Phi) is 4.24. The molecular weight excluding hydrogens is 328 g/mol. The van der Waals surface area contributed by atoms with Crippen LogP contribution in [0.15, 0.2) is 53.2 Å². The standard InChI is InChI=1S/C20H20N4O2/c1-13(20(25)24(2)16-6-4-3-5-7-16)19-22-18(23-26-19)15-10-11-21-17(12-15)14-8-9-14/h3-7,10-14H,8-9H2,1-2H3. The van der Waals surface area contributed by atoms with Crippen LogP contribution in [-0.4, -0.2) is 28.1 Å². The summed E-state index contributed by atoms with van der Waals surface area (Å²) < 4.78 is 5.37. The molecule has 2 aromatic heterocycles. The maximum absolute atomic E-state index is 12.7. The van der Waals surface area contributed by atoms with Crippen molar-refractivity contribution in [2.75, 3.05) is 11.9 Å². The summed E-state index contributed by atoms with van der Waals surface area (Å²) in [6.45, 7) is 1.78. The minimum absolute atomic E-state index is 0.0974. The van der Waals surface area contributed by atoms with Gasteiger partial charge in [0.2, 0.25) is 17.6 Å². The first-order valence-electron chi connectivity index (χ1n) is 8.76. The van der Waals surface area contributed by atoms with E-state index < -0.39 is 5.92 Å². The minimum Gasteiger partial charge on any atom is -0.338 e. The molecule has 1 amide bonds. The average molecular weight is 348 g/mol. The molecular formula is C20H20N4O2. The van der Waals surface area contributed by atoms with Crippen LogP contribution in [-0.2, 0) is 4.79 Å². The fourth-order valence-corrected chi connectivity index (χ4v) is 2.89. The predicted molar refractivity (Wildman–Crippen MR) is 97.8 cm³/mol. The highest BCUT2D eigenvalue weighted by atomic mass is 16.5. The molecule has 3 aromatic rings. The minimum atomic E-state index is -0.522. The van der Waals surface area contributed by atoms with E-state index in [9.17, 15) is 4.79 Å². The third kappa shape index (κ3) is 3.22. The number of amides is 1. The zero-order valence-corrected chi connectivity index (χ0v) is 14.8. The van der Waals surface area contributed by atoms with Gasteiger partial charge in [0.05, 0.1) is 0 Å². The van der Waals surface area contributed by atoms with Crippen LogP contribution in [0.5, 0.6) is 0 Å². The highest BCUT2D eigenvalue weighted by Gasteiger charge is 2.27. The molecule has 2 heterocycles. The topological polar surface area (TPSA) is 72.1 Å². The number of para-hydroxylation sites is 1. The van der Waals surface area contributed by atoms with E-state index >= 15 is 0 Å². The summed E-state index contributed by atoms with van der Waals surface area (Å²) in [7, 11) is 1.75. The Bertz CT molecular complexity index is 918. The van der Waals surface area contributed by atoms with Crippen molar-refractivity contribution in [3.63, 3.8) is 0 Å². The molecule has 132 valence electrons. The molecule has 0 N–H and O–H groups in total. The summed E-state index contributed by atoms with van der Waals surface area (Å²) in [5, 5.41) is 4.06. The second-order valence-electron chi connectivity index (χ2n) is 6.65. The lowest BCUT2D eigenvalue weighted by molar-refractivity contribution is -0.119. The molecule has 1 aromatic carbocycles. The van der Waals surface area contributed by atoms with Gasteiger partial charge in [-0.1, -0.05) is 23.4 Å². The van der Waals surface area contributed by atoms with Gasteiger partial charge in [-0.2, -0.15) is 4.98 Å². The smallest absolute Gasteiger partial charge is 0.239 e. The summed E-state index contributed by atoms with van der Waals surface area (Å²) in [6, 6.07) is 13.4. The van der Waals surface area contributed by atoms with E-state index in [0.29, 0.717) is 17.6 Å². The first kappa shape index (κ1) is 16.4. The monoisotopic (exact) mass is 348 g/mol. The quantitative estimate of drug-likeness (QED) is 0.702. The number of likely N-dealkylation sites (N-methyl/N-ethyl adjacent to an activating group) is 1. The molecule has 26 heavy (non-hydrogen) atoms. The maximum Gasteiger partial charge on any atom is 0.239 e. The maximum atomic E-state index is 12.7. The van der Waals surface area contributed by atoms with Gasteiger partial charge in [0.15, 0.2) is 0 Å². The number of hydrogen-bond donors (Lipinski definition) is 0. The number of pyridine rings is 1. The van der Waals surface area contributed by atoms with Crippen LogP contribution >= 0.6 is 0 Å². The van der Waals surface area contributed by atoms with Crippen LogP contribution in [0.1, 0.15) is 43.2 Å². The Morgan fingerprint density at radius 3 is 2.73 bits per heavy atom. The van der Waals surface area contributed by atoms with E-state index in [0.717, 1.165) is 16.9 Å². The Labute approximate surface area is 151 Å². The molecule has 0 spiro atoms. The number of anilines is 1. The number of benzene rings is 1. The number of aromatic nitrogens is 3. The molecule has 0 bridgehead atoms. The zero-order chi connectivity index (χ0) is 18.1. The van der Waals surface area contributed by atoms with Crippen molar-refractivity contribution in [1.82, 2.24) is 15.1 Å². The molecule has 0 radical (unpaired) electrons. The van der Waals surface area contributed by atoms with Crippen LogP contribution in [0.2, 0.25) is 0 Å². The number of rotatable bonds is 5. The fraction of sp³-hybridized carbons (Fsp3) is 0.300. The number of nitrogens with zero attached hydrogens (tertiary/aromatic N) is 4. The molecule has 1 aliphatic rings. The van der Waals surface area contributed by atoms with Crippen molar-refractivity contribution in [1.29, 1.82) is 0 Å². The lowest BCUT2D eigenvalue weighted by Gasteiger charge is -2.19. The fourth-order valence-electron chi connectivity index (χ4n) is 2.89. The Hall–Kier alpha value is -3.02. The van der Waals surface area contributed by atoms with Crippen molar-refractivity contribution in [3.05, 3.63) is 60.2 Å². The van der Waals surface area contributed by atoms with Crippen molar-refractivity contribution >= 4 is 11.6 Å². The van der Waals surface area contributed by atoms with E-state index in [2.05, 4.69) is 15.1 Å². The van der Waals surface area contributed by atoms with E-state index in [4.69, 9.17) is 4.52 Å². The van der Waals surface area contributed by atoms with Gasteiger partial charge in [-0.25, -0.2) is 0 Å². The van der Waals surface area contributed by atoms with Crippen molar-refractivity contribution in [2.45, 2.75) is 31.6 Å². The van der Waals surface area contributed by atoms with Crippen LogP contribution in [0, 0.1) is 0 Å². The summed E-state index contributed by atoms with van der Waals surface area (Å²) in [6.07, 6.45) is 4.15. The lowest BCUT2D eigenvalue weighted by Crippen LogP contribution is -2.30. The van der Waals surface area contributed by atoms with E-state index in [-0.39, 0.29) is 5.91 Å². The number of carbonyl (C=O) groups excluding carboxylic acids is 1. The highest BCUT2D eigenvalue weighted by Crippen LogP contribution is 2.39. The molecule has 1 fully saturated rings. The molecule has 1 unspecified atom stereocenters. The lowest BCUT2D eigenvalue weighted by atomic mass is 10.1. The van der Waals surface area contributed by atoms with Crippen LogP contribution in [0.25, 0.3) is 11.4 Å². The molecule has 0 aliphatic heterocycles. The molecule has 0 saturated heterocycles. The SMILES string of the molecule is CC(C(=O)N(C)c1ccccc1)c1nc(-c2ccnc(C3CC3)c2)no1. The average Bonchev–Trinajstić information content (AvgIpc) is 3.43. The third-order valence-corrected chi connectivity index (χ3v) is 4.69. The first-order chi connectivity index (χ1) is 12.6. The Morgan fingerprint density at radius 1 is 1.23 bits per heavy atom. The van der Waals surface area contributed by atoms with Gasteiger partial charge >= 0.3 is 0 Å². The third-order valence-electron chi connectivity index (χ3n) is 4.69. The Morgan fingerprint density at radius 2 is 2.00 bits per heavy atom. The van der Waals surface area contributed by atoms with Crippen molar-refractivity contribution < 1.29 is 9.32 Å². The summed E-state index contributed by atoms with van der Waals surface area (Å²) >= 11 is 0. The molecule has 1 aliphatic carbocycles. The number of hydrogen-bond acceptors (Lipinski definition) is 5. The predicted octanol–water partition coefficient (Wildman–Crippen LogP) is 3.78. The van der Waals surface area contributed by atoms with Gasteiger partial charge in [0, 0.05) is 36.1 Å². The van der Waals surface area contributed by atoms with Gasteiger partial charge in [0.1, 0.15) is 5.92 Å². The molecule has 1 saturated carbocycles. The highest BCUT2D eigenvalue weighted by molar-refractivity contribution is 5.96. The summed E-state index contributed by atoms with van der Waals surface area (Å²) in [5.74, 6) is 0.746. The van der Waals surface area contributed by atoms with E-state index in [1.54, 1.807) is 25.1 Å². The normalized spacial score (nSPS) is 14.8. The first-order valence-corrected chi connectivity index (χ1v) is 8.76. The molecule has 6 heteroatoms. The van der Waals surface area contributed by atoms with Gasteiger partial charge in [-0.15, -0.1) is 0 Å².